The van der Waals surface area contributed by atoms with Crippen molar-refractivity contribution in [3.05, 3.63) is 6.92 Å². The second-order valence-corrected chi connectivity index (χ2v) is 3.78. The maximum atomic E-state index is 5.42. The van der Waals surface area contributed by atoms with Gasteiger partial charge in [-0.05, 0) is 27.3 Å². The Morgan fingerprint density at radius 1 is 1.78 bits per heavy atom. The molecular weight excluding hydrogens is 130 g/mol. The van der Waals surface area contributed by atoms with Crippen molar-refractivity contribution < 1.29 is 4.74 Å². The minimum atomic E-state index is -0.0885. The van der Waals surface area contributed by atoms with Crippen molar-refractivity contribution in [2.75, 3.05) is 13.7 Å². The van der Waals surface area contributed by atoms with Crippen LogP contribution in [0.1, 0.15) is 13.3 Å². The van der Waals surface area contributed by atoms with Gasteiger partial charge in [0.25, 0.3) is 0 Å². The number of ether oxygens (including phenoxy) is 1. The van der Waals surface area contributed by atoms with Crippen LogP contribution in [0.25, 0.3) is 0 Å². The molecule has 0 aliphatic heterocycles. The second kappa shape index (κ2) is 4.03. The monoisotopic (exact) mass is 146 g/mol. The third-order valence-corrected chi connectivity index (χ3v) is 2.76. The molecule has 9 heavy (non-hydrogen) atoms. The van der Waals surface area contributed by atoms with Crippen molar-refractivity contribution in [1.29, 1.82) is 0 Å². The lowest BCUT2D eigenvalue weighted by molar-refractivity contribution is 0.00874. The van der Waals surface area contributed by atoms with E-state index in [-0.39, 0.29) is 5.35 Å². The zero-order chi connectivity index (χ0) is 7.33. The van der Waals surface area contributed by atoms with E-state index in [1.807, 2.05) is 14.0 Å². The van der Waals surface area contributed by atoms with Gasteiger partial charge in [-0.15, -0.1) is 0 Å². The molecule has 0 bridgehead atoms. The van der Waals surface area contributed by atoms with Crippen molar-refractivity contribution >= 4 is 10.2 Å². The molecule has 1 atom stereocenters. The van der Waals surface area contributed by atoms with Gasteiger partial charge in [-0.2, -0.15) is 0 Å². The van der Waals surface area contributed by atoms with Gasteiger partial charge in [-0.25, -0.2) is 0 Å². The normalized spacial score (nSPS) is 17.7. The van der Waals surface area contributed by atoms with Gasteiger partial charge >= 0.3 is 0 Å². The van der Waals surface area contributed by atoms with Gasteiger partial charge < -0.3 is 4.74 Å². The van der Waals surface area contributed by atoms with Crippen LogP contribution in [0.3, 0.4) is 0 Å². The van der Waals surface area contributed by atoms with Gasteiger partial charge in [0.2, 0.25) is 0 Å². The van der Waals surface area contributed by atoms with Crippen molar-refractivity contribution in [1.82, 2.24) is 5.32 Å². The Labute approximate surface area is 60.4 Å². The Morgan fingerprint density at radius 3 is 2.44 bits per heavy atom. The molecule has 0 aromatic rings. The number of hydrogen-bond donors (Lipinski definition) is 1. The first-order valence-electron chi connectivity index (χ1n) is 3.30. The Bertz CT molecular complexity index is 73.5. The maximum absolute atomic E-state index is 5.42. The molecule has 0 spiro atoms. The van der Waals surface area contributed by atoms with Crippen LogP contribution in [0.2, 0.25) is 0 Å². The second-order valence-electron chi connectivity index (χ2n) is 2.16. The first-order chi connectivity index (χ1) is 4.18. The average Bonchev–Trinajstić information content (AvgIpc) is 1.89. The van der Waals surface area contributed by atoms with Crippen LogP contribution in [-0.4, -0.2) is 29.2 Å². The summed E-state index contributed by atoms with van der Waals surface area (Å²) in [4.78, 5) is 0. The summed E-state index contributed by atoms with van der Waals surface area (Å²) in [5, 5.41) is 3.02. The van der Waals surface area contributed by atoms with Crippen LogP contribution in [0.5, 0.6) is 0 Å². The van der Waals surface area contributed by atoms with Crippen LogP contribution < -0.4 is 5.32 Å². The van der Waals surface area contributed by atoms with Crippen molar-refractivity contribution in [3.8, 4) is 0 Å². The maximum Gasteiger partial charge on any atom is 0.0943 e. The van der Waals surface area contributed by atoms with Crippen molar-refractivity contribution in [2.45, 2.75) is 18.7 Å². The average molecular weight is 146 g/mol. The Hall–Kier alpha value is 0.137. The summed E-state index contributed by atoms with van der Waals surface area (Å²) in [6, 6.07) is 0. The molecule has 0 heterocycles. The third kappa shape index (κ3) is 2.98. The first-order valence-corrected chi connectivity index (χ1v) is 4.30. The number of nitrogens with one attached hydrogen (secondary N) is 1. The Kier molecular flexibility index (Phi) is 4.09. The molecular formula is C6H16NOSi. The molecule has 0 aliphatic carbocycles. The minimum absolute atomic E-state index is 0.0885. The highest BCUT2D eigenvalue weighted by Gasteiger charge is 2.17. The minimum Gasteiger partial charge on any atom is -0.365 e. The molecule has 55 valence electrons. The summed E-state index contributed by atoms with van der Waals surface area (Å²) in [5.74, 6) is 0. The van der Waals surface area contributed by atoms with Crippen LogP contribution in [0, 0.1) is 6.92 Å². The van der Waals surface area contributed by atoms with Gasteiger partial charge in [0.15, 0.2) is 0 Å². The molecule has 0 amide bonds. The highest BCUT2D eigenvalue weighted by atomic mass is 28.1. The summed E-state index contributed by atoms with van der Waals surface area (Å²) in [7, 11) is 2.89. The zero-order valence-electron chi connectivity index (χ0n) is 6.53. The van der Waals surface area contributed by atoms with Gasteiger partial charge in [0.05, 0.1) is 15.6 Å². The fourth-order valence-electron chi connectivity index (χ4n) is 0.588. The van der Waals surface area contributed by atoms with Crippen molar-refractivity contribution in [2.24, 2.45) is 0 Å². The zero-order valence-corrected chi connectivity index (χ0v) is 8.53. The predicted octanol–water partition coefficient (Wildman–Crippen LogP) is -0.514. The van der Waals surface area contributed by atoms with Crippen LogP contribution in [0.4, 0.5) is 0 Å². The molecule has 1 radical (unpaired) electrons. The lowest BCUT2D eigenvalue weighted by Gasteiger charge is -2.27. The van der Waals surface area contributed by atoms with Gasteiger partial charge in [0.1, 0.15) is 0 Å². The van der Waals surface area contributed by atoms with E-state index >= 15 is 0 Å². The third-order valence-electron chi connectivity index (χ3n) is 1.47. The van der Waals surface area contributed by atoms with Gasteiger partial charge in [0, 0.05) is 6.61 Å². The van der Waals surface area contributed by atoms with E-state index in [9.17, 15) is 0 Å². The lowest BCUT2D eigenvalue weighted by atomic mass is 10.4. The summed E-state index contributed by atoms with van der Waals surface area (Å²) < 4.78 is 5.42. The topological polar surface area (TPSA) is 21.3 Å². The highest BCUT2D eigenvalue weighted by Crippen LogP contribution is 2.04. The standard InChI is InChI=1S/C6H16NOSi/c1-4-6(9,7-3)8-5-2/h7H,1,4-5H2,2-3,9H3. The van der Waals surface area contributed by atoms with E-state index in [1.54, 1.807) is 0 Å². The molecule has 2 nitrogen and oxygen atoms in total. The molecule has 0 saturated carbocycles. The molecule has 1 N–H and O–H groups in total. The van der Waals surface area contributed by atoms with Crippen molar-refractivity contribution in [3.63, 3.8) is 0 Å². The van der Waals surface area contributed by atoms with Gasteiger partial charge in [-0.1, -0.05) is 0 Å². The van der Waals surface area contributed by atoms with E-state index in [0.717, 1.165) is 23.3 Å². The summed E-state index contributed by atoms with van der Waals surface area (Å²) in [5.41, 5.74) is 0. The van der Waals surface area contributed by atoms with E-state index < -0.39 is 0 Å². The van der Waals surface area contributed by atoms with E-state index in [4.69, 9.17) is 4.74 Å². The summed E-state index contributed by atoms with van der Waals surface area (Å²) >= 11 is 0. The Morgan fingerprint density at radius 2 is 2.33 bits per heavy atom. The largest absolute Gasteiger partial charge is 0.365 e. The smallest absolute Gasteiger partial charge is 0.0943 e. The summed E-state index contributed by atoms with van der Waals surface area (Å²) in [6.45, 7) is 6.56. The highest BCUT2D eigenvalue weighted by molar-refractivity contribution is 6.14. The molecule has 0 aromatic carbocycles. The first kappa shape index (κ1) is 9.14. The molecule has 0 saturated heterocycles. The number of hydrogen-bond acceptors (Lipinski definition) is 2. The van der Waals surface area contributed by atoms with Crippen LogP contribution >= 0.6 is 0 Å². The molecule has 0 rings (SSSR count). The molecule has 1 unspecified atom stereocenters. The molecule has 3 heteroatoms. The molecule has 0 fully saturated rings. The fourth-order valence-corrected chi connectivity index (χ4v) is 0.877. The van der Waals surface area contributed by atoms with E-state index in [1.165, 1.54) is 0 Å². The van der Waals surface area contributed by atoms with Gasteiger partial charge in [-0.3, -0.25) is 5.32 Å². The Balaban J connectivity index is 3.62. The predicted molar refractivity (Wildman–Crippen MR) is 43.3 cm³/mol. The van der Waals surface area contributed by atoms with Crippen LogP contribution in [0.15, 0.2) is 0 Å². The quantitative estimate of drug-likeness (QED) is 0.426. The lowest BCUT2D eigenvalue weighted by Crippen LogP contribution is -2.45. The molecule has 0 aromatic heterocycles. The SMILES string of the molecule is [CH2]CC([SiH3])(NC)OCC. The van der Waals surface area contributed by atoms with E-state index in [2.05, 4.69) is 12.2 Å². The number of rotatable bonds is 4. The van der Waals surface area contributed by atoms with E-state index in [0.29, 0.717) is 0 Å². The summed E-state index contributed by atoms with van der Waals surface area (Å²) in [6.07, 6.45) is 0.809. The molecule has 0 aliphatic rings. The fraction of sp³-hybridized carbons (Fsp3) is 0.833. The van der Waals surface area contributed by atoms with Crippen LogP contribution in [-0.2, 0) is 4.74 Å².